The fourth-order valence-corrected chi connectivity index (χ4v) is 17.1. The minimum atomic E-state index is -2.95. The van der Waals surface area contributed by atoms with Gasteiger partial charge in [-0.2, -0.15) is 0 Å². The Balaban J connectivity index is 2.20. The first kappa shape index (κ1) is 28.8. The molecule has 2 fully saturated rings. The van der Waals surface area contributed by atoms with Crippen LogP contribution in [0.1, 0.15) is 68.5 Å². The lowest BCUT2D eigenvalue weighted by atomic mass is 9.96. The molecule has 0 aliphatic carbocycles. The highest BCUT2D eigenvalue weighted by Crippen LogP contribution is 2.51. The standard InChI is InChI=1S/C23H41ClN2O7Si2/c1-14(2)34(15(3)4)30-12-18-20(32-35(33-34,16(5)6)17(7)8)23(9,29-13-24)21(31-18)26-11-10-19(27)25-22(26)28/h10-11,14-18,20-21H,12-13H2,1-9H3,(H,25,27,28)/t18-,20?,21-,23+/m1/s1. The summed E-state index contributed by atoms with van der Waals surface area (Å²) in [5.41, 5.74) is -1.61. The topological polar surface area (TPSA) is 101 Å². The van der Waals surface area contributed by atoms with E-state index in [-0.39, 0.29) is 34.8 Å². The third kappa shape index (κ3) is 4.90. The molecule has 35 heavy (non-hydrogen) atoms. The van der Waals surface area contributed by atoms with E-state index in [1.54, 1.807) is 0 Å². The summed E-state index contributed by atoms with van der Waals surface area (Å²) >= 11 is 6.10. The molecule has 0 amide bonds. The highest BCUT2D eigenvalue weighted by molar-refractivity contribution is 6.84. The summed E-state index contributed by atoms with van der Waals surface area (Å²) in [6.07, 6.45) is -0.602. The molecule has 1 aromatic rings. The van der Waals surface area contributed by atoms with Gasteiger partial charge in [-0.3, -0.25) is 14.3 Å². The number of nitrogens with one attached hydrogen (secondary N) is 1. The minimum absolute atomic E-state index is 0.115. The van der Waals surface area contributed by atoms with Crippen molar-refractivity contribution >= 4 is 28.7 Å². The van der Waals surface area contributed by atoms with Gasteiger partial charge in [0, 0.05) is 12.3 Å². The largest absolute Gasteiger partial charge is 0.414 e. The molecule has 0 bridgehead atoms. The van der Waals surface area contributed by atoms with E-state index >= 15 is 0 Å². The van der Waals surface area contributed by atoms with E-state index in [0.717, 1.165) is 0 Å². The van der Waals surface area contributed by atoms with Crippen molar-refractivity contribution in [2.24, 2.45) is 0 Å². The Hall–Kier alpha value is -0.796. The lowest BCUT2D eigenvalue weighted by Gasteiger charge is -2.52. The summed E-state index contributed by atoms with van der Waals surface area (Å²) in [5.74, 6) is 0. The van der Waals surface area contributed by atoms with Gasteiger partial charge in [0.2, 0.25) is 0 Å². The zero-order valence-corrected chi connectivity index (χ0v) is 25.0. The van der Waals surface area contributed by atoms with E-state index in [0.29, 0.717) is 0 Å². The summed E-state index contributed by atoms with van der Waals surface area (Å²) in [4.78, 5) is 26.8. The van der Waals surface area contributed by atoms with Crippen LogP contribution >= 0.6 is 11.6 Å². The number of H-pyrrole nitrogens is 1. The fraction of sp³-hybridized carbons (Fsp3) is 0.826. The van der Waals surface area contributed by atoms with E-state index in [9.17, 15) is 9.59 Å². The minimum Gasteiger partial charge on any atom is -0.414 e. The summed E-state index contributed by atoms with van der Waals surface area (Å²) in [5, 5.41) is 0. The molecule has 200 valence electrons. The summed E-state index contributed by atoms with van der Waals surface area (Å²) in [7, 11) is -5.70. The van der Waals surface area contributed by atoms with Gasteiger partial charge in [-0.15, -0.1) is 0 Å². The van der Waals surface area contributed by atoms with Crippen LogP contribution in [0, 0.1) is 0 Å². The molecule has 0 aromatic carbocycles. The number of aromatic amines is 1. The van der Waals surface area contributed by atoms with Crippen molar-refractivity contribution < 1.29 is 22.4 Å². The molecule has 2 aliphatic heterocycles. The van der Waals surface area contributed by atoms with Crippen molar-refractivity contribution in [3.8, 4) is 0 Å². The smallest absolute Gasteiger partial charge is 0.335 e. The number of ether oxygens (including phenoxy) is 2. The maximum Gasteiger partial charge on any atom is 0.335 e. The Labute approximate surface area is 214 Å². The lowest BCUT2D eigenvalue weighted by molar-refractivity contribution is -0.127. The van der Waals surface area contributed by atoms with Crippen molar-refractivity contribution in [1.82, 2.24) is 9.55 Å². The fourth-order valence-electron chi connectivity index (χ4n) is 5.55. The number of hydrogen-bond acceptors (Lipinski definition) is 7. The average Bonchev–Trinajstić information content (AvgIpc) is 2.98. The number of nitrogens with zero attached hydrogens (tertiary/aromatic N) is 1. The van der Waals surface area contributed by atoms with Crippen molar-refractivity contribution in [1.29, 1.82) is 0 Å². The average molecular weight is 549 g/mol. The first-order chi connectivity index (χ1) is 16.2. The predicted molar refractivity (Wildman–Crippen MR) is 139 cm³/mol. The molecule has 4 atom stereocenters. The van der Waals surface area contributed by atoms with E-state index in [1.807, 2.05) is 6.92 Å². The zero-order valence-electron chi connectivity index (χ0n) is 22.3. The Morgan fingerprint density at radius 3 is 2.14 bits per heavy atom. The molecule has 0 saturated carbocycles. The van der Waals surface area contributed by atoms with Crippen LogP contribution in [0.2, 0.25) is 22.2 Å². The Morgan fingerprint density at radius 1 is 1.09 bits per heavy atom. The highest BCUT2D eigenvalue weighted by Gasteiger charge is 2.65. The number of halogens is 1. The molecule has 3 rings (SSSR count). The number of alkyl halides is 1. The summed E-state index contributed by atoms with van der Waals surface area (Å²) in [6.45, 7) is 19.3. The Bertz CT molecular complexity index is 983. The van der Waals surface area contributed by atoms with Crippen molar-refractivity contribution in [3.05, 3.63) is 33.1 Å². The molecule has 12 heteroatoms. The van der Waals surface area contributed by atoms with Crippen LogP contribution in [0.5, 0.6) is 0 Å². The normalized spacial score (nSPS) is 30.6. The molecular weight excluding hydrogens is 508 g/mol. The van der Waals surface area contributed by atoms with Gasteiger partial charge in [0.25, 0.3) is 5.56 Å². The molecule has 9 nitrogen and oxygen atoms in total. The highest BCUT2D eigenvalue weighted by atomic mass is 35.5. The van der Waals surface area contributed by atoms with Gasteiger partial charge in [-0.25, -0.2) is 4.79 Å². The van der Waals surface area contributed by atoms with Crippen molar-refractivity contribution in [3.63, 3.8) is 0 Å². The van der Waals surface area contributed by atoms with Crippen LogP contribution in [0.25, 0.3) is 0 Å². The van der Waals surface area contributed by atoms with Crippen LogP contribution in [0.15, 0.2) is 21.9 Å². The molecule has 1 aromatic heterocycles. The molecule has 0 radical (unpaired) electrons. The Kier molecular flexibility index (Phi) is 8.65. The van der Waals surface area contributed by atoms with E-state index in [1.165, 1.54) is 16.8 Å². The monoisotopic (exact) mass is 548 g/mol. The van der Waals surface area contributed by atoms with Gasteiger partial charge in [-0.1, -0.05) is 67.0 Å². The van der Waals surface area contributed by atoms with Crippen LogP contribution in [0.3, 0.4) is 0 Å². The zero-order chi connectivity index (χ0) is 26.3. The third-order valence-electron chi connectivity index (χ3n) is 7.49. The molecule has 2 aliphatic rings. The second-order valence-corrected chi connectivity index (χ2v) is 20.1. The van der Waals surface area contributed by atoms with Gasteiger partial charge >= 0.3 is 22.8 Å². The van der Waals surface area contributed by atoms with Crippen LogP contribution in [-0.2, 0) is 22.4 Å². The number of fused-ring (bicyclic) bond motifs is 1. The molecule has 1 unspecified atom stereocenters. The Morgan fingerprint density at radius 2 is 1.66 bits per heavy atom. The molecule has 0 spiro atoms. The maximum atomic E-state index is 12.7. The molecule has 2 saturated heterocycles. The lowest BCUT2D eigenvalue weighted by Crippen LogP contribution is -2.67. The van der Waals surface area contributed by atoms with Crippen LogP contribution in [-0.4, -0.2) is 57.2 Å². The van der Waals surface area contributed by atoms with Crippen molar-refractivity contribution in [2.45, 2.75) is 109 Å². The van der Waals surface area contributed by atoms with E-state index < -0.39 is 52.4 Å². The molecular formula is C23H41ClN2O7Si2. The SMILES string of the molecule is CC(C)[Si]1(C(C)C)OC[C@H]2O[C@@H](n3ccc(=O)[nH]c3=O)[C@@](C)(OCCl)C2O[Si](C(C)C)(C(C)C)O1. The van der Waals surface area contributed by atoms with Gasteiger partial charge in [0.15, 0.2) is 6.23 Å². The van der Waals surface area contributed by atoms with Gasteiger partial charge < -0.3 is 22.4 Å². The quantitative estimate of drug-likeness (QED) is 0.399. The maximum absolute atomic E-state index is 12.7. The first-order valence-electron chi connectivity index (χ1n) is 12.4. The summed E-state index contributed by atoms with van der Waals surface area (Å²) in [6, 6.07) is 1.15. The van der Waals surface area contributed by atoms with Crippen LogP contribution < -0.4 is 11.2 Å². The number of rotatable bonds is 7. The third-order valence-corrected chi connectivity index (χ3v) is 17.8. The van der Waals surface area contributed by atoms with Gasteiger partial charge in [-0.05, 0) is 29.1 Å². The molecule has 1 N–H and O–H groups in total. The number of hydrogen-bond donors (Lipinski definition) is 1. The van der Waals surface area contributed by atoms with Gasteiger partial charge in [0.1, 0.15) is 23.9 Å². The van der Waals surface area contributed by atoms with E-state index in [4.69, 9.17) is 34.0 Å². The van der Waals surface area contributed by atoms with E-state index in [2.05, 4.69) is 60.4 Å². The summed E-state index contributed by atoms with van der Waals surface area (Å²) < 4.78 is 35.1. The predicted octanol–water partition coefficient (Wildman–Crippen LogP) is 4.36. The number of aromatic nitrogens is 2. The molecule has 3 heterocycles. The first-order valence-corrected chi connectivity index (χ1v) is 16.9. The van der Waals surface area contributed by atoms with Gasteiger partial charge in [0.05, 0.1) is 6.61 Å². The van der Waals surface area contributed by atoms with Crippen LogP contribution in [0.4, 0.5) is 0 Å². The second-order valence-electron chi connectivity index (χ2n) is 11.0. The second kappa shape index (κ2) is 10.5. The van der Waals surface area contributed by atoms with Crippen molar-refractivity contribution in [2.75, 3.05) is 12.7 Å².